The lowest BCUT2D eigenvalue weighted by Gasteiger charge is -2.10. The summed E-state index contributed by atoms with van der Waals surface area (Å²) >= 11 is 6.27. The van der Waals surface area contributed by atoms with Crippen molar-refractivity contribution in [3.8, 4) is 17.1 Å². The number of carbonyl (C=O) groups excluding carboxylic acids is 1. The van der Waals surface area contributed by atoms with E-state index in [9.17, 15) is 9.90 Å². The minimum absolute atomic E-state index is 0.122. The Kier molecular flexibility index (Phi) is 6.08. The molecule has 10 heteroatoms. The van der Waals surface area contributed by atoms with Crippen LogP contribution in [0.25, 0.3) is 16.9 Å². The van der Waals surface area contributed by atoms with Crippen LogP contribution >= 0.6 is 11.6 Å². The molecule has 1 unspecified atom stereocenters. The van der Waals surface area contributed by atoms with Crippen LogP contribution in [0.15, 0.2) is 60.9 Å². The van der Waals surface area contributed by atoms with Gasteiger partial charge in [0.15, 0.2) is 11.3 Å². The van der Waals surface area contributed by atoms with Gasteiger partial charge in [-0.1, -0.05) is 29.8 Å². The molecule has 4 aromatic rings. The number of carbonyl (C=O) groups is 1. The third kappa shape index (κ3) is 4.64. The van der Waals surface area contributed by atoms with Crippen LogP contribution in [0.3, 0.4) is 0 Å². The van der Waals surface area contributed by atoms with Gasteiger partial charge in [0.2, 0.25) is 5.88 Å². The highest BCUT2D eigenvalue weighted by molar-refractivity contribution is 6.33. The topological polar surface area (TPSA) is 122 Å². The van der Waals surface area contributed by atoms with Crippen LogP contribution in [0.4, 0.5) is 5.69 Å². The molecule has 0 aliphatic rings. The lowest BCUT2D eigenvalue weighted by atomic mass is 10.1. The summed E-state index contributed by atoms with van der Waals surface area (Å²) in [6, 6.07) is 14.0. The van der Waals surface area contributed by atoms with Gasteiger partial charge in [-0.15, -0.1) is 0 Å². The number of hydrogen-bond acceptors (Lipinski definition) is 7. The van der Waals surface area contributed by atoms with Crippen molar-refractivity contribution in [3.05, 3.63) is 71.6 Å². The van der Waals surface area contributed by atoms with E-state index in [0.717, 1.165) is 5.56 Å². The highest BCUT2D eigenvalue weighted by Gasteiger charge is 2.16. The first kappa shape index (κ1) is 20.7. The first-order chi connectivity index (χ1) is 15.0. The normalized spacial score (nSPS) is 12.0. The number of rotatable bonds is 7. The molecule has 0 aliphatic heterocycles. The largest absolute Gasteiger partial charge is 0.475 e. The van der Waals surface area contributed by atoms with Crippen molar-refractivity contribution in [2.45, 2.75) is 6.10 Å². The Morgan fingerprint density at radius 3 is 2.84 bits per heavy atom. The van der Waals surface area contributed by atoms with E-state index in [1.165, 1.54) is 23.0 Å². The lowest BCUT2D eigenvalue weighted by Crippen LogP contribution is -2.21. The summed E-state index contributed by atoms with van der Waals surface area (Å²) in [6.07, 6.45) is 1.87. The molecule has 0 aliphatic carbocycles. The van der Waals surface area contributed by atoms with Crippen molar-refractivity contribution in [2.75, 3.05) is 18.5 Å². The fourth-order valence-corrected chi connectivity index (χ4v) is 3.07. The number of fused-ring (bicyclic) bond motifs is 1. The maximum absolute atomic E-state index is 12.9. The van der Waals surface area contributed by atoms with E-state index in [1.54, 1.807) is 24.3 Å². The van der Waals surface area contributed by atoms with Crippen molar-refractivity contribution < 1.29 is 19.7 Å². The molecule has 1 atom stereocenters. The SMILES string of the molecule is O=C(Nc1ccnc(OCC(O)CO)c1)c1cnc2ccc(-c3ccccc3Cl)nn12. The number of imidazole rings is 1. The number of pyridine rings is 1. The van der Waals surface area contributed by atoms with Crippen LogP contribution in [0.5, 0.6) is 5.88 Å². The number of amides is 1. The Bertz CT molecular complexity index is 1230. The minimum atomic E-state index is -1.02. The molecule has 4 rings (SSSR count). The van der Waals surface area contributed by atoms with E-state index in [1.807, 2.05) is 18.2 Å². The van der Waals surface area contributed by atoms with Crippen LogP contribution < -0.4 is 10.1 Å². The second-order valence-corrected chi connectivity index (χ2v) is 7.00. The van der Waals surface area contributed by atoms with Crippen LogP contribution in [-0.4, -0.2) is 55.0 Å². The zero-order valence-corrected chi connectivity index (χ0v) is 16.9. The molecule has 1 aromatic carbocycles. The standard InChI is InChI=1S/C21H18ClN5O4/c22-16-4-2-1-3-15(16)17-5-6-19-24-10-18(27(19)26-17)21(30)25-13-7-8-23-20(9-13)31-12-14(29)11-28/h1-10,14,28-29H,11-12H2,(H,23,25,30). The highest BCUT2D eigenvalue weighted by atomic mass is 35.5. The van der Waals surface area contributed by atoms with Gasteiger partial charge in [-0.3, -0.25) is 4.79 Å². The minimum Gasteiger partial charge on any atom is -0.475 e. The summed E-state index contributed by atoms with van der Waals surface area (Å²) in [5.41, 5.74) is 2.53. The molecule has 1 amide bonds. The van der Waals surface area contributed by atoms with Crippen LogP contribution in [0, 0.1) is 0 Å². The third-order valence-electron chi connectivity index (χ3n) is 4.37. The molecule has 0 fully saturated rings. The molecule has 3 N–H and O–H groups in total. The fourth-order valence-electron chi connectivity index (χ4n) is 2.84. The Morgan fingerprint density at radius 1 is 1.19 bits per heavy atom. The van der Waals surface area contributed by atoms with Crippen molar-refractivity contribution in [1.29, 1.82) is 0 Å². The van der Waals surface area contributed by atoms with Gasteiger partial charge in [0.1, 0.15) is 12.7 Å². The van der Waals surface area contributed by atoms with E-state index < -0.39 is 18.6 Å². The van der Waals surface area contributed by atoms with Gasteiger partial charge in [0.25, 0.3) is 5.91 Å². The third-order valence-corrected chi connectivity index (χ3v) is 4.70. The van der Waals surface area contributed by atoms with Crippen molar-refractivity contribution in [3.63, 3.8) is 0 Å². The number of ether oxygens (including phenoxy) is 1. The molecule has 31 heavy (non-hydrogen) atoms. The van der Waals surface area contributed by atoms with Crippen molar-refractivity contribution in [2.24, 2.45) is 0 Å². The maximum atomic E-state index is 12.9. The molecule has 9 nitrogen and oxygen atoms in total. The Labute approximate surface area is 181 Å². The van der Waals surface area contributed by atoms with E-state index >= 15 is 0 Å². The van der Waals surface area contributed by atoms with Gasteiger partial charge in [-0.25, -0.2) is 14.5 Å². The van der Waals surface area contributed by atoms with Gasteiger partial charge >= 0.3 is 0 Å². The maximum Gasteiger partial charge on any atom is 0.276 e. The summed E-state index contributed by atoms with van der Waals surface area (Å²) in [6.45, 7) is -0.545. The van der Waals surface area contributed by atoms with Gasteiger partial charge in [-0.2, -0.15) is 5.10 Å². The van der Waals surface area contributed by atoms with Gasteiger partial charge in [0, 0.05) is 23.5 Å². The number of aliphatic hydroxyl groups is 2. The van der Waals surface area contributed by atoms with Crippen molar-refractivity contribution in [1.82, 2.24) is 19.6 Å². The van der Waals surface area contributed by atoms with Crippen LogP contribution in [0.1, 0.15) is 10.5 Å². The smallest absolute Gasteiger partial charge is 0.276 e. The van der Waals surface area contributed by atoms with Gasteiger partial charge < -0.3 is 20.3 Å². The Balaban J connectivity index is 1.57. The zero-order chi connectivity index (χ0) is 21.8. The van der Waals surface area contributed by atoms with Gasteiger partial charge in [0.05, 0.1) is 23.5 Å². The van der Waals surface area contributed by atoms with Gasteiger partial charge in [-0.05, 0) is 24.3 Å². The monoisotopic (exact) mass is 439 g/mol. The molecular weight excluding hydrogens is 422 g/mol. The molecule has 0 saturated heterocycles. The summed E-state index contributed by atoms with van der Waals surface area (Å²) in [7, 11) is 0. The predicted molar refractivity (Wildman–Crippen MR) is 114 cm³/mol. The zero-order valence-electron chi connectivity index (χ0n) is 16.1. The number of halogens is 1. The molecule has 0 bridgehead atoms. The Hall–Kier alpha value is -3.53. The van der Waals surface area contributed by atoms with E-state index in [2.05, 4.69) is 20.4 Å². The van der Waals surface area contributed by atoms with Crippen molar-refractivity contribution >= 4 is 28.8 Å². The average molecular weight is 440 g/mol. The molecule has 158 valence electrons. The average Bonchev–Trinajstić information content (AvgIpc) is 3.21. The summed E-state index contributed by atoms with van der Waals surface area (Å²) in [5.74, 6) is -0.230. The highest BCUT2D eigenvalue weighted by Crippen LogP contribution is 2.26. The molecular formula is C21H18ClN5O4. The van der Waals surface area contributed by atoms with Crippen LogP contribution in [-0.2, 0) is 0 Å². The summed E-state index contributed by atoms with van der Waals surface area (Å²) in [5, 5.41) is 26.1. The summed E-state index contributed by atoms with van der Waals surface area (Å²) in [4.78, 5) is 21.1. The number of aromatic nitrogens is 4. The van der Waals surface area contributed by atoms with E-state index in [-0.39, 0.29) is 18.2 Å². The fraction of sp³-hybridized carbons (Fsp3) is 0.143. The Morgan fingerprint density at radius 2 is 2.03 bits per heavy atom. The number of nitrogens with one attached hydrogen (secondary N) is 1. The number of nitrogens with zero attached hydrogens (tertiary/aromatic N) is 4. The molecule has 3 aromatic heterocycles. The number of aliphatic hydroxyl groups excluding tert-OH is 2. The molecule has 3 heterocycles. The van der Waals surface area contributed by atoms with E-state index in [4.69, 9.17) is 21.4 Å². The van der Waals surface area contributed by atoms with E-state index in [0.29, 0.717) is 22.1 Å². The number of hydrogen-bond donors (Lipinski definition) is 3. The van der Waals surface area contributed by atoms with Crippen LogP contribution in [0.2, 0.25) is 5.02 Å². The lowest BCUT2D eigenvalue weighted by molar-refractivity contribution is 0.0521. The molecule has 0 spiro atoms. The quantitative estimate of drug-likeness (QED) is 0.404. The predicted octanol–water partition coefficient (Wildman–Crippen LogP) is 2.43. The number of anilines is 1. The second-order valence-electron chi connectivity index (χ2n) is 6.60. The molecule has 0 radical (unpaired) electrons. The summed E-state index contributed by atoms with van der Waals surface area (Å²) < 4.78 is 6.75. The molecule has 0 saturated carbocycles. The first-order valence-electron chi connectivity index (χ1n) is 9.34. The number of benzene rings is 1. The second kappa shape index (κ2) is 9.09. The first-order valence-corrected chi connectivity index (χ1v) is 9.72.